The first kappa shape index (κ1) is 23.5. The van der Waals surface area contributed by atoms with Crippen molar-refractivity contribution in [2.45, 2.75) is 23.6 Å². The van der Waals surface area contributed by atoms with Crippen LogP contribution in [0.2, 0.25) is 0 Å². The maximum absolute atomic E-state index is 12.8. The first-order valence-corrected chi connectivity index (χ1v) is 11.3. The molecular weight excluding hydrogens is 450 g/mol. The number of aromatic nitrogens is 1. The van der Waals surface area contributed by atoms with Crippen molar-refractivity contribution < 1.29 is 19.0 Å². The second kappa shape index (κ2) is 10.9. The summed E-state index contributed by atoms with van der Waals surface area (Å²) < 4.78 is 16.2. The predicted molar refractivity (Wildman–Crippen MR) is 122 cm³/mol. The van der Waals surface area contributed by atoms with E-state index in [4.69, 9.17) is 31.5 Å². The third kappa shape index (κ3) is 5.01. The molecular formula is C23H22ClN3O4S. The summed E-state index contributed by atoms with van der Waals surface area (Å²) in [5.74, 6) is -0.131. The highest BCUT2D eigenvalue weighted by Gasteiger charge is 2.37. The number of rotatable bonds is 8. The maximum Gasteiger partial charge on any atom is 0.338 e. The molecule has 0 amide bonds. The van der Waals surface area contributed by atoms with Crippen LogP contribution in [0.5, 0.6) is 5.75 Å². The summed E-state index contributed by atoms with van der Waals surface area (Å²) in [6.45, 7) is 1.87. The van der Waals surface area contributed by atoms with Gasteiger partial charge in [-0.1, -0.05) is 18.2 Å². The number of halogens is 1. The monoisotopic (exact) mass is 471 g/mol. The van der Waals surface area contributed by atoms with E-state index in [1.165, 1.54) is 0 Å². The van der Waals surface area contributed by atoms with Crippen molar-refractivity contribution in [3.05, 3.63) is 76.5 Å². The molecule has 9 heteroatoms. The predicted octanol–water partition coefficient (Wildman–Crippen LogP) is 4.25. The number of benzene rings is 1. The standard InChI is InChI=1S/C23H22ClN3O4S/c1-3-30-23(28)21-18(11-24)31-22(26)16(12-25)20(21)14-7-8-17(29-2)15(10-14)13-32-19-6-4-5-9-27-19/h4-10,20H,3,11,13,26H2,1-2H3/t20-/m1/s1. The molecule has 1 aromatic heterocycles. The lowest BCUT2D eigenvalue weighted by molar-refractivity contribution is -0.139. The number of pyridine rings is 1. The van der Waals surface area contributed by atoms with Crippen molar-refractivity contribution in [2.24, 2.45) is 5.73 Å². The number of nitrogens with two attached hydrogens (primary N) is 1. The molecule has 0 aliphatic carbocycles. The van der Waals surface area contributed by atoms with Crippen molar-refractivity contribution >= 4 is 29.3 Å². The zero-order valence-electron chi connectivity index (χ0n) is 17.6. The van der Waals surface area contributed by atoms with Crippen LogP contribution in [-0.4, -0.2) is 30.5 Å². The topological polar surface area (TPSA) is 107 Å². The first-order valence-electron chi connectivity index (χ1n) is 9.78. The second-order valence-electron chi connectivity index (χ2n) is 6.64. The quantitative estimate of drug-likeness (QED) is 0.346. The van der Waals surface area contributed by atoms with E-state index in [-0.39, 0.29) is 35.3 Å². The summed E-state index contributed by atoms with van der Waals surface area (Å²) >= 11 is 7.59. The average Bonchev–Trinajstić information content (AvgIpc) is 2.82. The Balaban J connectivity index is 2.07. The molecule has 1 aromatic carbocycles. The number of allylic oxidation sites excluding steroid dienone is 2. The fourth-order valence-electron chi connectivity index (χ4n) is 3.36. The van der Waals surface area contributed by atoms with E-state index >= 15 is 0 Å². The van der Waals surface area contributed by atoms with Crippen LogP contribution in [0.3, 0.4) is 0 Å². The number of carbonyl (C=O) groups excluding carboxylic acids is 1. The highest BCUT2D eigenvalue weighted by atomic mass is 35.5. The Hall–Kier alpha value is -3.15. The lowest BCUT2D eigenvalue weighted by atomic mass is 9.82. The van der Waals surface area contributed by atoms with Gasteiger partial charge in [0.2, 0.25) is 5.88 Å². The summed E-state index contributed by atoms with van der Waals surface area (Å²) in [4.78, 5) is 17.1. The van der Waals surface area contributed by atoms with Gasteiger partial charge in [0, 0.05) is 17.5 Å². The summed E-state index contributed by atoms with van der Waals surface area (Å²) in [6, 6.07) is 13.3. The van der Waals surface area contributed by atoms with Crippen molar-refractivity contribution in [1.29, 1.82) is 5.26 Å². The van der Waals surface area contributed by atoms with E-state index in [9.17, 15) is 10.1 Å². The Labute approximate surface area is 195 Å². The van der Waals surface area contributed by atoms with Crippen LogP contribution in [-0.2, 0) is 20.0 Å². The van der Waals surface area contributed by atoms with E-state index < -0.39 is 11.9 Å². The fourth-order valence-corrected chi connectivity index (χ4v) is 4.40. The number of hydrogen-bond acceptors (Lipinski definition) is 8. The number of carbonyl (C=O) groups is 1. The highest BCUT2D eigenvalue weighted by Crippen LogP contribution is 2.41. The molecule has 7 nitrogen and oxygen atoms in total. The third-order valence-electron chi connectivity index (χ3n) is 4.76. The van der Waals surface area contributed by atoms with Gasteiger partial charge in [0.25, 0.3) is 0 Å². The van der Waals surface area contributed by atoms with E-state index in [0.717, 1.165) is 10.6 Å². The molecule has 0 fully saturated rings. The van der Waals surface area contributed by atoms with Gasteiger partial charge < -0.3 is 19.9 Å². The van der Waals surface area contributed by atoms with Gasteiger partial charge in [0.15, 0.2) is 0 Å². The summed E-state index contributed by atoms with van der Waals surface area (Å²) in [5, 5.41) is 10.7. The summed E-state index contributed by atoms with van der Waals surface area (Å²) in [5.41, 5.74) is 7.84. The van der Waals surface area contributed by atoms with Crippen molar-refractivity contribution in [2.75, 3.05) is 19.6 Å². The smallest absolute Gasteiger partial charge is 0.338 e. The lowest BCUT2D eigenvalue weighted by Gasteiger charge is -2.28. The average molecular weight is 472 g/mol. The molecule has 2 heterocycles. The largest absolute Gasteiger partial charge is 0.496 e. The van der Waals surface area contributed by atoms with Gasteiger partial charge in [-0.25, -0.2) is 9.78 Å². The molecule has 2 N–H and O–H groups in total. The van der Waals surface area contributed by atoms with Crippen molar-refractivity contribution in [3.8, 4) is 11.8 Å². The van der Waals surface area contributed by atoms with Gasteiger partial charge in [-0.15, -0.1) is 23.4 Å². The minimum absolute atomic E-state index is 0.0820. The zero-order valence-corrected chi connectivity index (χ0v) is 19.2. The number of nitriles is 1. The second-order valence-corrected chi connectivity index (χ2v) is 7.91. The number of alkyl halides is 1. The van der Waals surface area contributed by atoms with Crippen LogP contribution in [0, 0.1) is 11.3 Å². The number of thioether (sulfide) groups is 1. The molecule has 166 valence electrons. The van der Waals surface area contributed by atoms with Gasteiger partial charge in [0.1, 0.15) is 23.2 Å². The lowest BCUT2D eigenvalue weighted by Crippen LogP contribution is -2.27. The van der Waals surface area contributed by atoms with E-state index in [1.54, 1.807) is 44.1 Å². The molecule has 0 spiro atoms. The molecule has 0 bridgehead atoms. The van der Waals surface area contributed by atoms with Crippen LogP contribution in [0.25, 0.3) is 0 Å². The molecule has 0 saturated carbocycles. The van der Waals surface area contributed by atoms with E-state index in [1.807, 2.05) is 24.3 Å². The Morgan fingerprint density at radius 2 is 2.19 bits per heavy atom. The normalized spacial score (nSPS) is 15.8. The van der Waals surface area contributed by atoms with Crippen molar-refractivity contribution in [3.63, 3.8) is 0 Å². The third-order valence-corrected chi connectivity index (χ3v) is 6.00. The Bertz CT molecular complexity index is 1100. The fraction of sp³-hybridized carbons (Fsp3) is 0.261. The van der Waals surface area contributed by atoms with Gasteiger partial charge in [-0.2, -0.15) is 5.26 Å². The minimum Gasteiger partial charge on any atom is -0.496 e. The van der Waals surface area contributed by atoms with Crippen LogP contribution in [0.1, 0.15) is 24.0 Å². The van der Waals surface area contributed by atoms with Gasteiger partial charge in [-0.3, -0.25) is 0 Å². The van der Waals surface area contributed by atoms with Crippen LogP contribution in [0.4, 0.5) is 0 Å². The van der Waals surface area contributed by atoms with Gasteiger partial charge in [-0.05, 0) is 30.7 Å². The first-order chi connectivity index (χ1) is 15.5. The molecule has 2 aromatic rings. The van der Waals surface area contributed by atoms with Gasteiger partial charge in [0.05, 0.1) is 36.1 Å². The van der Waals surface area contributed by atoms with Crippen LogP contribution >= 0.6 is 23.4 Å². The number of ether oxygens (including phenoxy) is 3. The van der Waals surface area contributed by atoms with Gasteiger partial charge >= 0.3 is 5.97 Å². The Kier molecular flexibility index (Phi) is 8.03. The number of esters is 1. The molecule has 1 aliphatic heterocycles. The molecule has 0 unspecified atom stereocenters. The number of hydrogen-bond donors (Lipinski definition) is 1. The Morgan fingerprint density at radius 1 is 1.38 bits per heavy atom. The van der Waals surface area contributed by atoms with E-state index in [2.05, 4.69) is 11.1 Å². The molecule has 1 atom stereocenters. The molecule has 1 aliphatic rings. The minimum atomic E-state index is -0.772. The van der Waals surface area contributed by atoms with E-state index in [0.29, 0.717) is 17.1 Å². The molecule has 0 saturated heterocycles. The summed E-state index contributed by atoms with van der Waals surface area (Å²) in [6.07, 6.45) is 1.73. The molecule has 32 heavy (non-hydrogen) atoms. The SMILES string of the molecule is CCOC(=O)C1=C(CCl)OC(N)=C(C#N)[C@H]1c1ccc(OC)c(CSc2ccccn2)c1. The van der Waals surface area contributed by atoms with Crippen LogP contribution in [0.15, 0.2) is 70.4 Å². The number of methoxy groups -OCH3 is 1. The van der Waals surface area contributed by atoms with Crippen LogP contribution < -0.4 is 10.5 Å². The zero-order chi connectivity index (χ0) is 23.1. The highest BCUT2D eigenvalue weighted by molar-refractivity contribution is 7.98. The maximum atomic E-state index is 12.8. The Morgan fingerprint density at radius 3 is 2.81 bits per heavy atom. The number of nitrogens with zero attached hydrogens (tertiary/aromatic N) is 2. The molecule has 0 radical (unpaired) electrons. The molecule has 3 rings (SSSR count). The summed E-state index contributed by atoms with van der Waals surface area (Å²) in [7, 11) is 1.59. The van der Waals surface area contributed by atoms with Crippen molar-refractivity contribution in [1.82, 2.24) is 4.98 Å².